The highest BCUT2D eigenvalue weighted by atomic mass is 79.9. The second-order valence-corrected chi connectivity index (χ2v) is 19.1. The van der Waals surface area contributed by atoms with Crippen LogP contribution in [0, 0.1) is 0 Å². The number of carbonyl (C=O) groups is 2. The summed E-state index contributed by atoms with van der Waals surface area (Å²) >= 11 is 11.1. The standard InChI is InChI=1S/C46H46Br2O4S2/c1-3-5-7-9-11-13-15-33-27-37(53-43(33)47)29-17-21-31(22-18-29)39-35-25-26-36-40(46(50)52-42(36)41(35)51-45(39)49)32-23-19-30(20-24-32)38-28-34(44(48)54-38)16-14-12-10-8-6-4-2/h17-28H,3-16H2,1-2H3. The summed E-state index contributed by atoms with van der Waals surface area (Å²) in [6.07, 6.45) is 17.6. The normalized spacial score (nSPS) is 13.4. The van der Waals surface area contributed by atoms with Gasteiger partial charge >= 0.3 is 11.9 Å². The second-order valence-electron chi connectivity index (χ2n) is 14.4. The Morgan fingerprint density at radius 1 is 0.481 bits per heavy atom. The monoisotopic (exact) mass is 884 g/mol. The molecule has 4 nitrogen and oxygen atoms in total. The number of thiophene rings is 2. The van der Waals surface area contributed by atoms with Gasteiger partial charge in [0, 0.05) is 20.2 Å². The molecule has 2 aliphatic rings. The molecule has 0 aliphatic carbocycles. The van der Waals surface area contributed by atoms with E-state index in [0.717, 1.165) is 35.1 Å². The zero-order valence-corrected chi connectivity index (χ0v) is 35.8. The van der Waals surface area contributed by atoms with Crippen LogP contribution in [-0.2, 0) is 22.4 Å². The molecule has 0 bridgehead atoms. The highest BCUT2D eigenvalue weighted by Gasteiger charge is 2.34. The van der Waals surface area contributed by atoms with Crippen molar-refractivity contribution in [2.75, 3.05) is 0 Å². The third-order valence-electron chi connectivity index (χ3n) is 10.5. The average Bonchev–Trinajstić information content (AvgIpc) is 3.93. The predicted octanol–water partition coefficient (Wildman–Crippen LogP) is 12.7. The van der Waals surface area contributed by atoms with E-state index >= 15 is 0 Å². The minimum Gasteiger partial charge on any atom is -0.418 e. The topological polar surface area (TPSA) is 52.6 Å². The van der Waals surface area contributed by atoms with Crippen molar-refractivity contribution in [2.45, 2.75) is 104 Å². The fourth-order valence-corrected chi connectivity index (χ4v) is 11.0. The molecule has 7 rings (SSSR count). The molecule has 0 saturated heterocycles. The third kappa shape index (κ3) is 8.57. The van der Waals surface area contributed by atoms with Crippen molar-refractivity contribution in [1.29, 1.82) is 0 Å². The van der Waals surface area contributed by atoms with Gasteiger partial charge in [0.15, 0.2) is 11.5 Å². The largest absolute Gasteiger partial charge is 0.418 e. The summed E-state index contributed by atoms with van der Waals surface area (Å²) in [5.41, 5.74) is 7.42. The maximum absolute atomic E-state index is 13.3. The van der Waals surface area contributed by atoms with Crippen LogP contribution in [0.3, 0.4) is 0 Å². The van der Waals surface area contributed by atoms with E-state index in [1.807, 2.05) is 36.4 Å². The molecule has 0 saturated carbocycles. The van der Waals surface area contributed by atoms with Crippen LogP contribution in [-0.4, -0.2) is 11.9 Å². The van der Waals surface area contributed by atoms with Crippen molar-refractivity contribution in [3.05, 3.63) is 113 Å². The molecule has 2 aromatic heterocycles. The van der Waals surface area contributed by atoms with Crippen molar-refractivity contribution in [1.82, 2.24) is 0 Å². The summed E-state index contributed by atoms with van der Waals surface area (Å²) in [5.74, 6) is -0.282. The SMILES string of the molecule is CCCCCCCCc1cc(-c2ccc(C3=c4ccc5c(c4OC3=O)OC(=O)C=5c3ccc(-c4cc(CCCCCCCC)c(Br)s4)cc3)cc2)sc1Br. The summed E-state index contributed by atoms with van der Waals surface area (Å²) < 4.78 is 14.0. The van der Waals surface area contributed by atoms with Crippen LogP contribution in [0.5, 0.6) is 11.5 Å². The molecule has 8 heteroatoms. The van der Waals surface area contributed by atoms with E-state index in [4.69, 9.17) is 9.47 Å². The number of ether oxygens (including phenoxy) is 2. The van der Waals surface area contributed by atoms with Gasteiger partial charge in [-0.2, -0.15) is 0 Å². The molecule has 0 N–H and O–H groups in total. The average molecular weight is 887 g/mol. The van der Waals surface area contributed by atoms with Crippen molar-refractivity contribution in [3.8, 4) is 32.4 Å². The molecule has 0 atom stereocenters. The summed E-state index contributed by atoms with van der Waals surface area (Å²) in [6, 6.07) is 24.5. The lowest BCUT2D eigenvalue weighted by Crippen LogP contribution is -2.11. The first kappa shape index (κ1) is 39.0. The van der Waals surface area contributed by atoms with Gasteiger partial charge < -0.3 is 9.47 Å². The fourth-order valence-electron chi connectivity index (χ4n) is 7.45. The molecule has 5 aromatic rings. The van der Waals surface area contributed by atoms with Gasteiger partial charge in [0.25, 0.3) is 0 Å². The Morgan fingerprint density at radius 2 is 0.833 bits per heavy atom. The Kier molecular flexibility index (Phi) is 13.1. The zero-order chi connectivity index (χ0) is 37.6. The minimum absolute atomic E-state index is 0.305. The number of halogens is 2. The van der Waals surface area contributed by atoms with E-state index in [0.29, 0.717) is 33.1 Å². The molecule has 0 amide bonds. The predicted molar refractivity (Wildman–Crippen MR) is 231 cm³/mol. The van der Waals surface area contributed by atoms with Gasteiger partial charge in [-0.3, -0.25) is 0 Å². The number of hydrogen-bond acceptors (Lipinski definition) is 6. The summed E-state index contributed by atoms with van der Waals surface area (Å²) in [4.78, 5) is 29.1. The van der Waals surface area contributed by atoms with E-state index in [-0.39, 0.29) is 0 Å². The highest BCUT2D eigenvalue weighted by Crippen LogP contribution is 2.39. The lowest BCUT2D eigenvalue weighted by Gasteiger charge is -2.03. The van der Waals surface area contributed by atoms with Crippen LogP contribution in [0.4, 0.5) is 0 Å². The maximum Gasteiger partial charge on any atom is 0.345 e. The number of hydrogen-bond donors (Lipinski definition) is 0. The molecular weight excluding hydrogens is 840 g/mol. The third-order valence-corrected chi connectivity index (χ3v) is 14.5. The Hall–Kier alpha value is -3.30. The molecule has 0 unspecified atom stereocenters. The Labute approximate surface area is 343 Å². The van der Waals surface area contributed by atoms with Crippen LogP contribution in [0.2, 0.25) is 0 Å². The molecule has 0 spiro atoms. The number of esters is 2. The Bertz CT molecular complexity index is 2100. The van der Waals surface area contributed by atoms with Gasteiger partial charge in [0.05, 0.1) is 18.7 Å². The Balaban J connectivity index is 1.08. The van der Waals surface area contributed by atoms with Crippen molar-refractivity contribution in [3.63, 3.8) is 0 Å². The first-order chi connectivity index (χ1) is 26.4. The number of unbranched alkanes of at least 4 members (excludes halogenated alkanes) is 10. The van der Waals surface area contributed by atoms with Crippen LogP contribution < -0.4 is 19.9 Å². The fraction of sp³-hybridized carbons (Fsp3) is 0.348. The maximum atomic E-state index is 13.3. The van der Waals surface area contributed by atoms with Crippen molar-refractivity contribution in [2.24, 2.45) is 0 Å². The lowest BCUT2D eigenvalue weighted by atomic mass is 9.99. The van der Waals surface area contributed by atoms with Crippen LogP contribution in [0.1, 0.15) is 113 Å². The summed E-state index contributed by atoms with van der Waals surface area (Å²) in [5, 5.41) is 1.27. The molecular formula is C46H46Br2O4S2. The first-order valence-electron chi connectivity index (χ1n) is 19.5. The number of carbonyl (C=O) groups excluding carboxylic acids is 2. The van der Waals surface area contributed by atoms with Gasteiger partial charge in [-0.25, -0.2) is 9.59 Å². The van der Waals surface area contributed by atoms with Crippen molar-refractivity contribution < 1.29 is 19.1 Å². The second kappa shape index (κ2) is 18.1. The van der Waals surface area contributed by atoms with Gasteiger partial charge in [-0.1, -0.05) is 127 Å². The molecule has 2 aliphatic heterocycles. The molecule has 54 heavy (non-hydrogen) atoms. The highest BCUT2D eigenvalue weighted by molar-refractivity contribution is 9.11. The van der Waals surface area contributed by atoms with Crippen LogP contribution in [0.15, 0.2) is 80.4 Å². The molecule has 0 radical (unpaired) electrons. The smallest absolute Gasteiger partial charge is 0.345 e. The summed E-state index contributed by atoms with van der Waals surface area (Å²) in [6.45, 7) is 4.50. The van der Waals surface area contributed by atoms with Gasteiger partial charge in [-0.15, -0.1) is 22.7 Å². The van der Waals surface area contributed by atoms with E-state index < -0.39 is 11.9 Å². The number of aryl methyl sites for hydroxylation is 2. The van der Waals surface area contributed by atoms with Gasteiger partial charge in [0.1, 0.15) is 0 Å². The van der Waals surface area contributed by atoms with Gasteiger partial charge in [0.2, 0.25) is 0 Å². The molecule has 3 aromatic carbocycles. The zero-order valence-electron chi connectivity index (χ0n) is 31.0. The quantitative estimate of drug-likeness (QED) is 0.0500. The molecule has 280 valence electrons. The van der Waals surface area contributed by atoms with E-state index in [2.05, 4.69) is 82.1 Å². The number of benzene rings is 3. The number of rotatable bonds is 18. The Morgan fingerprint density at radius 3 is 1.22 bits per heavy atom. The van der Waals surface area contributed by atoms with Crippen LogP contribution >= 0.6 is 54.5 Å². The first-order valence-corrected chi connectivity index (χ1v) is 22.7. The number of fused-ring (bicyclic) bond motifs is 3. The van der Waals surface area contributed by atoms with E-state index in [1.54, 1.807) is 22.7 Å². The molecule has 4 heterocycles. The van der Waals surface area contributed by atoms with E-state index in [1.165, 1.54) is 106 Å². The van der Waals surface area contributed by atoms with E-state index in [9.17, 15) is 9.59 Å². The summed E-state index contributed by atoms with van der Waals surface area (Å²) in [7, 11) is 0. The molecule has 0 fully saturated rings. The van der Waals surface area contributed by atoms with Crippen LogP contribution in [0.25, 0.3) is 32.0 Å². The minimum atomic E-state index is -0.446. The van der Waals surface area contributed by atoms with Gasteiger partial charge in [-0.05, 0) is 115 Å². The van der Waals surface area contributed by atoms with Crippen molar-refractivity contribution >= 4 is 77.6 Å². The lowest BCUT2D eigenvalue weighted by molar-refractivity contribution is -0.129.